The van der Waals surface area contributed by atoms with Gasteiger partial charge in [-0.05, 0) is 54.2 Å². The molecule has 0 radical (unpaired) electrons. The Balaban J connectivity index is 1.97. The molecular weight excluding hydrogens is 272 g/mol. The van der Waals surface area contributed by atoms with E-state index < -0.39 is 0 Å². The molecule has 0 aromatic carbocycles. The molecule has 1 aromatic heterocycles. The highest BCUT2D eigenvalue weighted by atomic mass is 79.9. The summed E-state index contributed by atoms with van der Waals surface area (Å²) in [6, 6.07) is 2.53. The van der Waals surface area contributed by atoms with Gasteiger partial charge in [0.1, 0.15) is 0 Å². The first-order valence-electron chi connectivity index (χ1n) is 5.40. The van der Waals surface area contributed by atoms with Gasteiger partial charge in [-0.25, -0.2) is 0 Å². The minimum absolute atomic E-state index is 0.334. The molecule has 0 saturated heterocycles. The van der Waals surface area contributed by atoms with Crippen LogP contribution in [0.15, 0.2) is 10.5 Å². The summed E-state index contributed by atoms with van der Waals surface area (Å²) in [4.78, 5) is 2.68. The van der Waals surface area contributed by atoms with Crippen LogP contribution in [0.1, 0.15) is 28.6 Å². The molecule has 3 N–H and O–H groups in total. The number of halogens is 1. The molecular formula is C11H17BrN2S. The quantitative estimate of drug-likeness (QED) is 0.874. The van der Waals surface area contributed by atoms with Gasteiger partial charge in [-0.3, -0.25) is 0 Å². The van der Waals surface area contributed by atoms with Crippen LogP contribution in [0.2, 0.25) is 0 Å². The van der Waals surface area contributed by atoms with Gasteiger partial charge in [0.25, 0.3) is 0 Å². The minimum Gasteiger partial charge on any atom is -0.329 e. The number of nitrogens with two attached hydrogens (primary N) is 1. The number of nitrogens with one attached hydrogen (secondary N) is 1. The second-order valence-corrected chi connectivity index (χ2v) is 6.34. The molecule has 2 rings (SSSR count). The zero-order valence-electron chi connectivity index (χ0n) is 8.92. The Hall–Kier alpha value is 0.100. The number of hydrogen-bond acceptors (Lipinski definition) is 3. The summed E-state index contributed by atoms with van der Waals surface area (Å²) in [5.41, 5.74) is 5.80. The molecule has 1 aromatic rings. The van der Waals surface area contributed by atoms with Crippen LogP contribution in [-0.2, 0) is 0 Å². The summed E-state index contributed by atoms with van der Waals surface area (Å²) >= 11 is 5.38. The normalized spacial score (nSPS) is 18.1. The van der Waals surface area contributed by atoms with Crippen molar-refractivity contribution in [3.05, 3.63) is 20.3 Å². The van der Waals surface area contributed by atoms with Gasteiger partial charge in [-0.1, -0.05) is 0 Å². The zero-order valence-corrected chi connectivity index (χ0v) is 11.3. The highest BCUT2D eigenvalue weighted by Crippen LogP contribution is 2.32. The van der Waals surface area contributed by atoms with E-state index in [2.05, 4.69) is 34.2 Å². The molecule has 0 bridgehead atoms. The van der Waals surface area contributed by atoms with Gasteiger partial charge in [0, 0.05) is 20.8 Å². The maximum absolute atomic E-state index is 5.80. The highest BCUT2D eigenvalue weighted by molar-refractivity contribution is 9.10. The first-order valence-corrected chi connectivity index (χ1v) is 7.01. The van der Waals surface area contributed by atoms with E-state index in [9.17, 15) is 0 Å². The van der Waals surface area contributed by atoms with Crippen molar-refractivity contribution in [2.75, 3.05) is 13.1 Å². The van der Waals surface area contributed by atoms with Crippen LogP contribution in [-0.4, -0.2) is 13.1 Å². The predicted octanol–water partition coefficient (Wildman–Crippen LogP) is 2.82. The van der Waals surface area contributed by atoms with Gasteiger partial charge in [0.15, 0.2) is 0 Å². The second kappa shape index (κ2) is 4.95. The molecule has 84 valence electrons. The van der Waals surface area contributed by atoms with E-state index >= 15 is 0 Å². The van der Waals surface area contributed by atoms with Crippen LogP contribution in [0.3, 0.4) is 0 Å². The monoisotopic (exact) mass is 288 g/mol. The standard InChI is InChI=1S/C11H17BrN2S/c1-7-9(12)4-11(15-7)10(5-13)14-6-8-2-3-8/h4,8,10,14H,2-3,5-6,13H2,1H3. The van der Waals surface area contributed by atoms with Gasteiger partial charge < -0.3 is 11.1 Å². The predicted molar refractivity (Wildman–Crippen MR) is 69.3 cm³/mol. The Kier molecular flexibility index (Phi) is 3.83. The molecule has 1 aliphatic carbocycles. The minimum atomic E-state index is 0.334. The van der Waals surface area contributed by atoms with E-state index in [-0.39, 0.29) is 0 Å². The van der Waals surface area contributed by atoms with Crippen molar-refractivity contribution in [3.8, 4) is 0 Å². The lowest BCUT2D eigenvalue weighted by atomic mass is 10.2. The molecule has 1 unspecified atom stereocenters. The van der Waals surface area contributed by atoms with Crippen LogP contribution >= 0.6 is 27.3 Å². The van der Waals surface area contributed by atoms with Crippen LogP contribution in [0, 0.1) is 12.8 Å². The first kappa shape index (κ1) is 11.6. The Labute approximate surface area is 103 Å². The molecule has 1 fully saturated rings. The van der Waals surface area contributed by atoms with Crippen LogP contribution in [0.4, 0.5) is 0 Å². The summed E-state index contributed by atoms with van der Waals surface area (Å²) in [6.07, 6.45) is 2.77. The van der Waals surface area contributed by atoms with Crippen LogP contribution < -0.4 is 11.1 Å². The molecule has 1 heterocycles. The van der Waals surface area contributed by atoms with Crippen LogP contribution in [0.25, 0.3) is 0 Å². The Bertz CT molecular complexity index is 314. The largest absolute Gasteiger partial charge is 0.329 e. The van der Waals surface area contributed by atoms with Gasteiger partial charge in [0.05, 0.1) is 6.04 Å². The van der Waals surface area contributed by atoms with Crippen molar-refractivity contribution >= 4 is 27.3 Å². The summed E-state index contributed by atoms with van der Waals surface area (Å²) in [7, 11) is 0. The molecule has 2 nitrogen and oxygen atoms in total. The average Bonchev–Trinajstić information content (AvgIpc) is 2.96. The first-order chi connectivity index (χ1) is 7.20. The molecule has 1 atom stereocenters. The van der Waals surface area contributed by atoms with Gasteiger partial charge in [-0.2, -0.15) is 0 Å². The molecule has 0 aliphatic heterocycles. The highest BCUT2D eigenvalue weighted by Gasteiger charge is 2.22. The van der Waals surface area contributed by atoms with Crippen molar-refractivity contribution < 1.29 is 0 Å². The van der Waals surface area contributed by atoms with E-state index in [1.165, 1.54) is 27.1 Å². The number of aryl methyl sites for hydroxylation is 1. The SMILES string of the molecule is Cc1sc(C(CN)NCC2CC2)cc1Br. The number of thiophene rings is 1. The van der Waals surface area contributed by atoms with E-state index in [0.29, 0.717) is 12.6 Å². The smallest absolute Gasteiger partial charge is 0.0539 e. The maximum atomic E-state index is 5.80. The zero-order chi connectivity index (χ0) is 10.8. The van der Waals surface area contributed by atoms with Crippen molar-refractivity contribution in [2.45, 2.75) is 25.8 Å². The van der Waals surface area contributed by atoms with E-state index in [0.717, 1.165) is 12.5 Å². The molecule has 0 amide bonds. The third kappa shape index (κ3) is 3.03. The third-order valence-corrected chi connectivity index (χ3v) is 5.06. The molecule has 15 heavy (non-hydrogen) atoms. The fourth-order valence-corrected chi connectivity index (χ4v) is 3.23. The summed E-state index contributed by atoms with van der Waals surface area (Å²) in [5, 5.41) is 3.55. The lowest BCUT2D eigenvalue weighted by Crippen LogP contribution is -2.29. The van der Waals surface area contributed by atoms with Crippen molar-refractivity contribution in [2.24, 2.45) is 11.7 Å². The lowest BCUT2D eigenvalue weighted by Gasteiger charge is -2.14. The summed E-state index contributed by atoms with van der Waals surface area (Å²) in [6.45, 7) is 3.93. The van der Waals surface area contributed by atoms with Crippen molar-refractivity contribution in [1.29, 1.82) is 0 Å². The Morgan fingerprint density at radius 3 is 2.87 bits per heavy atom. The van der Waals surface area contributed by atoms with Gasteiger partial charge >= 0.3 is 0 Å². The van der Waals surface area contributed by atoms with Crippen molar-refractivity contribution in [1.82, 2.24) is 5.32 Å². The summed E-state index contributed by atoms with van der Waals surface area (Å²) in [5.74, 6) is 0.906. The number of rotatable bonds is 5. The Morgan fingerprint density at radius 2 is 2.40 bits per heavy atom. The van der Waals surface area contributed by atoms with E-state index in [1.54, 1.807) is 0 Å². The van der Waals surface area contributed by atoms with Gasteiger partial charge in [0.2, 0.25) is 0 Å². The van der Waals surface area contributed by atoms with Crippen LogP contribution in [0.5, 0.6) is 0 Å². The molecule has 0 spiro atoms. The fourth-order valence-electron chi connectivity index (χ4n) is 1.58. The summed E-state index contributed by atoms with van der Waals surface area (Å²) < 4.78 is 1.20. The fraction of sp³-hybridized carbons (Fsp3) is 0.636. The maximum Gasteiger partial charge on any atom is 0.0539 e. The number of hydrogen-bond donors (Lipinski definition) is 2. The molecule has 4 heteroatoms. The van der Waals surface area contributed by atoms with Crippen molar-refractivity contribution in [3.63, 3.8) is 0 Å². The third-order valence-electron chi connectivity index (χ3n) is 2.81. The lowest BCUT2D eigenvalue weighted by molar-refractivity contribution is 0.528. The van der Waals surface area contributed by atoms with Gasteiger partial charge in [-0.15, -0.1) is 11.3 Å². The second-order valence-electron chi connectivity index (χ2n) is 4.19. The Morgan fingerprint density at radius 1 is 1.67 bits per heavy atom. The van der Waals surface area contributed by atoms with E-state index in [4.69, 9.17) is 5.73 Å². The van der Waals surface area contributed by atoms with E-state index in [1.807, 2.05) is 11.3 Å². The molecule has 1 saturated carbocycles. The molecule has 1 aliphatic rings. The topological polar surface area (TPSA) is 38.0 Å². The average molecular weight is 289 g/mol.